The van der Waals surface area contributed by atoms with Crippen LogP contribution in [0, 0.1) is 0 Å². The number of aromatic nitrogens is 1. The Labute approximate surface area is 162 Å². The van der Waals surface area contributed by atoms with Gasteiger partial charge in [-0.2, -0.15) is 0 Å². The van der Waals surface area contributed by atoms with Crippen LogP contribution in [0.4, 0.5) is 0 Å². The number of rotatable bonds is 5. The molecule has 2 atom stereocenters. The van der Waals surface area contributed by atoms with Crippen LogP contribution in [0.15, 0.2) is 30.3 Å². The molecule has 2 unspecified atom stereocenters. The third-order valence-electron chi connectivity index (χ3n) is 5.04. The Morgan fingerprint density at radius 1 is 1.33 bits per heavy atom. The minimum atomic E-state index is -3.06. The van der Waals surface area contributed by atoms with Crippen molar-refractivity contribution in [1.29, 1.82) is 0 Å². The van der Waals surface area contributed by atoms with Crippen LogP contribution in [-0.2, 0) is 19.4 Å². The Morgan fingerprint density at radius 2 is 2.19 bits per heavy atom. The Kier molecular flexibility index (Phi) is 5.29. The van der Waals surface area contributed by atoms with E-state index >= 15 is 0 Å². The molecule has 144 valence electrons. The van der Waals surface area contributed by atoms with Gasteiger partial charge in [0.2, 0.25) is 5.91 Å². The van der Waals surface area contributed by atoms with Gasteiger partial charge in [-0.3, -0.25) is 4.79 Å². The molecule has 0 bridgehead atoms. The summed E-state index contributed by atoms with van der Waals surface area (Å²) < 4.78 is 30.5. The molecule has 2 aliphatic rings. The number of carbonyl (C=O) groups excluding carboxylic acids is 1. The molecule has 3 heterocycles. The summed E-state index contributed by atoms with van der Waals surface area (Å²) in [6.07, 6.45) is 5.61. The number of sulfone groups is 1. The number of benzene rings is 1. The predicted molar refractivity (Wildman–Crippen MR) is 106 cm³/mol. The van der Waals surface area contributed by atoms with E-state index in [1.165, 1.54) is 17.4 Å². The molecule has 6 nitrogen and oxygen atoms in total. The number of hydrogen-bond acceptors (Lipinski definition) is 6. The van der Waals surface area contributed by atoms with E-state index < -0.39 is 9.84 Å². The summed E-state index contributed by atoms with van der Waals surface area (Å²) in [6.45, 7) is 1.15. The first kappa shape index (κ1) is 18.6. The third-order valence-corrected chi connectivity index (χ3v) is 7.79. The van der Waals surface area contributed by atoms with E-state index in [1.54, 1.807) is 11.0 Å². The molecule has 0 aliphatic carbocycles. The molecule has 1 amide bonds. The second-order valence-corrected chi connectivity index (χ2v) is 10.3. The number of hydrogen-bond donors (Lipinski definition) is 0. The Bertz CT molecular complexity index is 928. The van der Waals surface area contributed by atoms with Gasteiger partial charge >= 0.3 is 0 Å². The van der Waals surface area contributed by atoms with Crippen molar-refractivity contribution in [1.82, 2.24) is 9.88 Å². The van der Waals surface area contributed by atoms with Crippen LogP contribution in [0.3, 0.4) is 0 Å². The molecule has 2 saturated heterocycles. The zero-order valence-corrected chi connectivity index (χ0v) is 16.5. The lowest BCUT2D eigenvalue weighted by Crippen LogP contribution is -2.44. The van der Waals surface area contributed by atoms with Crippen molar-refractivity contribution in [2.24, 2.45) is 0 Å². The molecular formula is C19H22N2O4S2. The maximum absolute atomic E-state index is 12.9. The van der Waals surface area contributed by atoms with Crippen molar-refractivity contribution < 1.29 is 17.9 Å². The second-order valence-electron chi connectivity index (χ2n) is 7.04. The highest BCUT2D eigenvalue weighted by Gasteiger charge is 2.35. The lowest BCUT2D eigenvalue weighted by atomic mass is 10.1. The average molecular weight is 407 g/mol. The first-order chi connectivity index (χ1) is 13.0. The highest BCUT2D eigenvalue weighted by molar-refractivity contribution is 7.91. The first-order valence-corrected chi connectivity index (χ1v) is 11.8. The van der Waals surface area contributed by atoms with Crippen LogP contribution in [0.5, 0.6) is 0 Å². The van der Waals surface area contributed by atoms with E-state index in [-0.39, 0.29) is 29.6 Å². The molecule has 2 aliphatic heterocycles. The summed E-state index contributed by atoms with van der Waals surface area (Å²) in [5, 5.41) is 0.764. The number of carbonyl (C=O) groups is 1. The van der Waals surface area contributed by atoms with Gasteiger partial charge in [-0.1, -0.05) is 12.1 Å². The molecule has 0 N–H and O–H groups in total. The topological polar surface area (TPSA) is 76.6 Å². The van der Waals surface area contributed by atoms with Gasteiger partial charge in [0.1, 0.15) is 5.01 Å². The molecule has 4 rings (SSSR count). The van der Waals surface area contributed by atoms with E-state index in [0.29, 0.717) is 19.6 Å². The summed E-state index contributed by atoms with van der Waals surface area (Å²) >= 11 is 1.53. The number of amides is 1. The minimum absolute atomic E-state index is 0.00638. The highest BCUT2D eigenvalue weighted by Crippen LogP contribution is 2.24. The molecule has 8 heteroatoms. The molecule has 1 aromatic carbocycles. The molecule has 0 radical (unpaired) electrons. The number of thiazole rings is 1. The van der Waals surface area contributed by atoms with Crippen molar-refractivity contribution in [3.05, 3.63) is 35.3 Å². The van der Waals surface area contributed by atoms with Crippen LogP contribution in [0.2, 0.25) is 0 Å². The van der Waals surface area contributed by atoms with Crippen molar-refractivity contribution in [2.45, 2.75) is 31.4 Å². The number of para-hydroxylation sites is 1. The third kappa shape index (κ3) is 4.39. The van der Waals surface area contributed by atoms with Crippen LogP contribution in [-0.4, -0.2) is 61.0 Å². The van der Waals surface area contributed by atoms with Crippen molar-refractivity contribution >= 4 is 43.4 Å². The maximum atomic E-state index is 12.9. The molecule has 27 heavy (non-hydrogen) atoms. The Hall–Kier alpha value is -1.77. The van der Waals surface area contributed by atoms with Crippen molar-refractivity contribution in [2.75, 3.05) is 24.7 Å². The summed E-state index contributed by atoms with van der Waals surface area (Å²) in [6, 6.07) is 7.57. The second kappa shape index (κ2) is 7.69. The largest absolute Gasteiger partial charge is 0.376 e. The molecule has 2 aromatic rings. The summed E-state index contributed by atoms with van der Waals surface area (Å²) in [5.74, 6) is 0.0153. The van der Waals surface area contributed by atoms with Gasteiger partial charge in [-0.15, -0.1) is 11.3 Å². The monoisotopic (exact) mass is 406 g/mol. The average Bonchev–Trinajstić information content (AvgIpc) is 3.36. The van der Waals surface area contributed by atoms with Crippen LogP contribution in [0.1, 0.15) is 24.3 Å². The number of nitrogens with zero attached hydrogens (tertiary/aromatic N) is 2. The normalized spacial score (nSPS) is 24.7. The molecule has 0 saturated carbocycles. The fourth-order valence-electron chi connectivity index (χ4n) is 3.65. The van der Waals surface area contributed by atoms with E-state index in [1.807, 2.05) is 24.3 Å². The Balaban J connectivity index is 1.51. The van der Waals surface area contributed by atoms with E-state index in [0.717, 1.165) is 28.1 Å². The van der Waals surface area contributed by atoms with Gasteiger partial charge in [0.15, 0.2) is 9.84 Å². The van der Waals surface area contributed by atoms with Gasteiger partial charge in [0.05, 0.1) is 27.8 Å². The number of ether oxygens (including phenoxy) is 1. The summed E-state index contributed by atoms with van der Waals surface area (Å²) in [7, 11) is -3.06. The van der Waals surface area contributed by atoms with Crippen molar-refractivity contribution in [3.8, 4) is 0 Å². The fraction of sp³-hybridized carbons (Fsp3) is 0.474. The van der Waals surface area contributed by atoms with Gasteiger partial charge < -0.3 is 9.64 Å². The zero-order valence-electron chi connectivity index (χ0n) is 14.9. The van der Waals surface area contributed by atoms with Gasteiger partial charge in [0, 0.05) is 25.3 Å². The van der Waals surface area contributed by atoms with E-state index in [9.17, 15) is 13.2 Å². The smallest absolute Gasteiger partial charge is 0.247 e. The number of fused-ring (bicyclic) bond motifs is 1. The molecule has 1 aromatic heterocycles. The fourth-order valence-corrected chi connectivity index (χ4v) is 6.25. The molecule has 2 fully saturated rings. The van der Waals surface area contributed by atoms with Gasteiger partial charge in [0.25, 0.3) is 0 Å². The highest BCUT2D eigenvalue weighted by atomic mass is 32.2. The van der Waals surface area contributed by atoms with Crippen LogP contribution in [0.25, 0.3) is 16.3 Å². The van der Waals surface area contributed by atoms with E-state index in [2.05, 4.69) is 4.98 Å². The molecule has 0 spiro atoms. The Morgan fingerprint density at radius 3 is 2.89 bits per heavy atom. The standard InChI is InChI=1S/C19H22N2O4S2/c22-19(8-7-18-20-16-5-1-2-6-17(16)26-18)21(12-15-4-3-10-25-15)14-9-11-27(23,24)13-14/h1-2,5-8,14-15H,3-4,9-13H2. The van der Waals surface area contributed by atoms with Gasteiger partial charge in [-0.25, -0.2) is 13.4 Å². The van der Waals surface area contributed by atoms with Crippen LogP contribution >= 0.6 is 11.3 Å². The van der Waals surface area contributed by atoms with Crippen molar-refractivity contribution in [3.63, 3.8) is 0 Å². The quantitative estimate of drug-likeness (QED) is 0.713. The van der Waals surface area contributed by atoms with Gasteiger partial charge in [-0.05, 0) is 37.5 Å². The SMILES string of the molecule is O=C(C=Cc1nc2ccccc2s1)N(CC1CCCO1)C1CCS(=O)(=O)C1. The maximum Gasteiger partial charge on any atom is 0.247 e. The summed E-state index contributed by atoms with van der Waals surface area (Å²) in [5.41, 5.74) is 0.910. The first-order valence-electron chi connectivity index (χ1n) is 9.16. The predicted octanol–water partition coefficient (Wildman–Crippen LogP) is 2.50. The van der Waals surface area contributed by atoms with E-state index in [4.69, 9.17) is 4.74 Å². The van der Waals surface area contributed by atoms with Crippen LogP contribution < -0.4 is 0 Å². The lowest BCUT2D eigenvalue weighted by Gasteiger charge is -2.29. The lowest BCUT2D eigenvalue weighted by molar-refractivity contribution is -0.129. The minimum Gasteiger partial charge on any atom is -0.376 e. The summed E-state index contributed by atoms with van der Waals surface area (Å²) in [4.78, 5) is 19.1. The zero-order chi connectivity index (χ0) is 18.9. The molecular weight excluding hydrogens is 384 g/mol.